The fraction of sp³-hybridized carbons (Fsp3) is 0.278. The van der Waals surface area contributed by atoms with Crippen LogP contribution in [0.5, 0.6) is 0 Å². The van der Waals surface area contributed by atoms with Crippen LogP contribution < -0.4 is 5.32 Å². The largest absolute Gasteiger partial charge is 0.380 e. The van der Waals surface area contributed by atoms with Crippen molar-refractivity contribution in [2.24, 2.45) is 0 Å². The Morgan fingerprint density at radius 3 is 2.84 bits per heavy atom. The van der Waals surface area contributed by atoms with E-state index in [-0.39, 0.29) is 11.6 Å². The van der Waals surface area contributed by atoms with Crippen LogP contribution in [0.2, 0.25) is 0 Å². The zero-order valence-electron chi connectivity index (χ0n) is 13.7. The number of hydrogen-bond acceptors (Lipinski definition) is 5. The molecule has 4 rings (SSSR count). The summed E-state index contributed by atoms with van der Waals surface area (Å²) in [6, 6.07) is 8.14. The first kappa shape index (κ1) is 15.7. The van der Waals surface area contributed by atoms with Crippen LogP contribution in [0, 0.1) is 12.7 Å². The summed E-state index contributed by atoms with van der Waals surface area (Å²) < 4.78 is 13.4. The van der Waals surface area contributed by atoms with Crippen molar-refractivity contribution < 1.29 is 9.50 Å². The summed E-state index contributed by atoms with van der Waals surface area (Å²) in [7, 11) is 0. The van der Waals surface area contributed by atoms with Crippen LogP contribution in [-0.4, -0.2) is 25.3 Å². The summed E-state index contributed by atoms with van der Waals surface area (Å²) in [4.78, 5) is 8.48. The second-order valence-corrected chi connectivity index (χ2v) is 6.32. The fourth-order valence-corrected chi connectivity index (χ4v) is 2.70. The first-order valence-electron chi connectivity index (χ1n) is 8.19. The maximum absolute atomic E-state index is 13.4. The van der Waals surface area contributed by atoms with Gasteiger partial charge in [0, 0.05) is 23.9 Å². The van der Waals surface area contributed by atoms with Gasteiger partial charge in [0.2, 0.25) is 0 Å². The molecule has 0 radical (unpaired) electrons. The van der Waals surface area contributed by atoms with Crippen molar-refractivity contribution in [1.29, 1.82) is 0 Å². The van der Waals surface area contributed by atoms with Crippen molar-refractivity contribution >= 4 is 11.6 Å². The molecule has 7 heteroatoms. The molecular weight excluding hydrogens is 321 g/mol. The van der Waals surface area contributed by atoms with Gasteiger partial charge in [-0.2, -0.15) is 5.10 Å². The van der Waals surface area contributed by atoms with E-state index >= 15 is 0 Å². The topological polar surface area (TPSA) is 86.7 Å². The number of anilines is 2. The van der Waals surface area contributed by atoms with Gasteiger partial charge in [-0.05, 0) is 43.0 Å². The van der Waals surface area contributed by atoms with Crippen LogP contribution in [0.25, 0.3) is 0 Å². The van der Waals surface area contributed by atoms with Crippen molar-refractivity contribution in [1.82, 2.24) is 20.2 Å². The van der Waals surface area contributed by atoms with E-state index in [0.29, 0.717) is 28.7 Å². The molecule has 0 bridgehead atoms. The lowest BCUT2D eigenvalue weighted by Crippen LogP contribution is -2.07. The van der Waals surface area contributed by atoms with Gasteiger partial charge >= 0.3 is 0 Å². The zero-order chi connectivity index (χ0) is 17.4. The Morgan fingerprint density at radius 1 is 1.24 bits per heavy atom. The molecule has 1 unspecified atom stereocenters. The van der Waals surface area contributed by atoms with Crippen LogP contribution in [0.15, 0.2) is 36.5 Å². The fourth-order valence-electron chi connectivity index (χ4n) is 2.70. The quantitative estimate of drug-likeness (QED) is 0.663. The molecule has 1 saturated carbocycles. The monoisotopic (exact) mass is 339 g/mol. The van der Waals surface area contributed by atoms with Crippen LogP contribution >= 0.6 is 0 Å². The van der Waals surface area contributed by atoms with E-state index in [2.05, 4.69) is 25.5 Å². The molecule has 1 aliphatic carbocycles. The number of hydrogen-bond donors (Lipinski definition) is 3. The minimum Gasteiger partial charge on any atom is -0.380 e. The van der Waals surface area contributed by atoms with Crippen molar-refractivity contribution in [2.45, 2.75) is 31.8 Å². The number of nitrogens with zero attached hydrogens (tertiary/aromatic N) is 3. The number of halogens is 1. The Kier molecular flexibility index (Phi) is 3.93. The van der Waals surface area contributed by atoms with Crippen LogP contribution in [0.4, 0.5) is 16.0 Å². The normalized spacial score (nSPS) is 15.2. The Bertz CT molecular complexity index is 906. The summed E-state index contributed by atoms with van der Waals surface area (Å²) in [5.41, 5.74) is 2.14. The summed E-state index contributed by atoms with van der Waals surface area (Å²) in [6.07, 6.45) is 2.94. The minimum atomic E-state index is -1.03. The SMILES string of the molecule is Cc1cc(C(O)c2nccc(Nc3cc(C4CC4)[nH]n3)n2)ccc1F. The Morgan fingerprint density at radius 2 is 2.08 bits per heavy atom. The summed E-state index contributed by atoms with van der Waals surface area (Å²) in [5.74, 6) is 1.74. The van der Waals surface area contributed by atoms with E-state index in [4.69, 9.17) is 0 Å². The predicted molar refractivity (Wildman–Crippen MR) is 91.1 cm³/mol. The number of nitrogens with one attached hydrogen (secondary N) is 2. The van der Waals surface area contributed by atoms with Gasteiger partial charge in [-0.1, -0.05) is 12.1 Å². The van der Waals surface area contributed by atoms with E-state index in [1.807, 2.05) is 6.07 Å². The molecular formula is C18H18FN5O. The molecule has 3 N–H and O–H groups in total. The molecule has 0 spiro atoms. The van der Waals surface area contributed by atoms with E-state index in [9.17, 15) is 9.50 Å². The lowest BCUT2D eigenvalue weighted by atomic mass is 10.1. The molecule has 2 aromatic heterocycles. The van der Waals surface area contributed by atoms with E-state index in [1.54, 1.807) is 25.3 Å². The molecule has 25 heavy (non-hydrogen) atoms. The average Bonchev–Trinajstić information content (AvgIpc) is 3.37. The molecule has 1 atom stereocenters. The van der Waals surface area contributed by atoms with Crippen molar-refractivity contribution in [2.75, 3.05) is 5.32 Å². The standard InChI is InChI=1S/C18H18FN5O/c1-10-8-12(4-5-13(10)19)17(25)18-20-7-6-15(22-18)21-16-9-14(23-24-16)11-2-3-11/h4-9,11,17,25H,2-3H2,1H3,(H2,20,21,22,23,24). The molecule has 1 aliphatic rings. The Balaban J connectivity index is 1.54. The zero-order valence-corrected chi connectivity index (χ0v) is 13.7. The second-order valence-electron chi connectivity index (χ2n) is 6.32. The van der Waals surface area contributed by atoms with Gasteiger partial charge in [0.25, 0.3) is 0 Å². The Labute approximate surface area is 144 Å². The third-order valence-corrected chi connectivity index (χ3v) is 4.29. The van der Waals surface area contributed by atoms with Crippen molar-refractivity contribution in [3.05, 3.63) is 65.0 Å². The van der Waals surface area contributed by atoms with E-state index in [1.165, 1.54) is 25.0 Å². The molecule has 3 aromatic rings. The molecule has 6 nitrogen and oxygen atoms in total. The van der Waals surface area contributed by atoms with Gasteiger partial charge in [0.05, 0.1) is 0 Å². The lowest BCUT2D eigenvalue weighted by molar-refractivity contribution is 0.210. The van der Waals surface area contributed by atoms with Crippen molar-refractivity contribution in [3.63, 3.8) is 0 Å². The molecule has 128 valence electrons. The molecule has 1 fully saturated rings. The molecule has 0 aliphatic heterocycles. The maximum atomic E-state index is 13.4. The van der Waals surface area contributed by atoms with Gasteiger partial charge in [0.1, 0.15) is 17.7 Å². The molecule has 1 aromatic carbocycles. The number of benzene rings is 1. The summed E-state index contributed by atoms with van der Waals surface area (Å²) >= 11 is 0. The van der Waals surface area contributed by atoms with Crippen LogP contribution in [0.3, 0.4) is 0 Å². The van der Waals surface area contributed by atoms with Gasteiger partial charge in [-0.25, -0.2) is 14.4 Å². The minimum absolute atomic E-state index is 0.244. The predicted octanol–water partition coefficient (Wildman–Crippen LogP) is 3.35. The maximum Gasteiger partial charge on any atom is 0.163 e. The highest BCUT2D eigenvalue weighted by molar-refractivity contribution is 5.52. The third-order valence-electron chi connectivity index (χ3n) is 4.29. The first-order valence-corrected chi connectivity index (χ1v) is 8.19. The smallest absolute Gasteiger partial charge is 0.163 e. The molecule has 0 amide bonds. The van der Waals surface area contributed by atoms with Crippen LogP contribution in [0.1, 0.15) is 47.5 Å². The average molecular weight is 339 g/mol. The Hall–Kier alpha value is -2.80. The number of aliphatic hydroxyl groups excluding tert-OH is 1. The van der Waals surface area contributed by atoms with Gasteiger partial charge in [-0.3, -0.25) is 5.10 Å². The molecule has 2 heterocycles. The van der Waals surface area contributed by atoms with Crippen LogP contribution in [-0.2, 0) is 0 Å². The summed E-state index contributed by atoms with van der Waals surface area (Å²) in [6.45, 7) is 1.65. The lowest BCUT2D eigenvalue weighted by Gasteiger charge is -2.12. The number of aryl methyl sites for hydroxylation is 1. The summed E-state index contributed by atoms with van der Waals surface area (Å²) in [5, 5.41) is 20.8. The number of rotatable bonds is 5. The van der Waals surface area contributed by atoms with Gasteiger partial charge in [-0.15, -0.1) is 0 Å². The second kappa shape index (κ2) is 6.25. The number of aromatic amines is 1. The van der Waals surface area contributed by atoms with Gasteiger partial charge < -0.3 is 10.4 Å². The third kappa shape index (κ3) is 3.36. The highest BCUT2D eigenvalue weighted by atomic mass is 19.1. The van der Waals surface area contributed by atoms with E-state index < -0.39 is 6.10 Å². The van der Waals surface area contributed by atoms with Crippen molar-refractivity contribution in [3.8, 4) is 0 Å². The number of H-pyrrole nitrogens is 1. The van der Waals surface area contributed by atoms with Gasteiger partial charge in [0.15, 0.2) is 11.6 Å². The highest BCUT2D eigenvalue weighted by Gasteiger charge is 2.25. The van der Waals surface area contributed by atoms with E-state index in [0.717, 1.165) is 5.69 Å². The molecule has 0 saturated heterocycles. The first-order chi connectivity index (χ1) is 12.1. The number of aromatic nitrogens is 4. The highest BCUT2D eigenvalue weighted by Crippen LogP contribution is 2.39. The number of aliphatic hydroxyl groups is 1.